The molecule has 1 N–H and O–H groups in total. The lowest BCUT2D eigenvalue weighted by Crippen LogP contribution is -2.35. The fraction of sp³-hybridized carbons (Fsp3) is 0.769. The summed E-state index contributed by atoms with van der Waals surface area (Å²) in [6.07, 6.45) is 2.97. The number of rotatable bonds is 8. The summed E-state index contributed by atoms with van der Waals surface area (Å²) in [5.74, 6) is 0. The third kappa shape index (κ3) is 4.88. The molecule has 4 heteroatoms. The highest BCUT2D eigenvalue weighted by Gasteiger charge is 2.11. The number of likely N-dealkylation sites (N-methyl/N-ethyl adjacent to an activating group) is 1. The monoisotopic (exact) mass is 239 g/mol. The first-order chi connectivity index (χ1) is 8.17. The van der Waals surface area contributed by atoms with Crippen molar-refractivity contribution >= 4 is 0 Å². The van der Waals surface area contributed by atoms with Crippen LogP contribution in [0, 0.1) is 0 Å². The van der Waals surface area contributed by atoms with E-state index < -0.39 is 0 Å². The molecule has 0 aromatic carbocycles. The van der Waals surface area contributed by atoms with E-state index >= 15 is 0 Å². The highest BCUT2D eigenvalue weighted by Crippen LogP contribution is 2.06. The highest BCUT2D eigenvalue weighted by molar-refractivity contribution is 5.02. The van der Waals surface area contributed by atoms with Crippen LogP contribution in [-0.4, -0.2) is 35.6 Å². The van der Waals surface area contributed by atoms with Gasteiger partial charge in [0.2, 0.25) is 0 Å². The summed E-state index contributed by atoms with van der Waals surface area (Å²) in [5.41, 5.74) is 1.13. The van der Waals surface area contributed by atoms with Gasteiger partial charge in [0.05, 0.1) is 12.3 Å². The summed E-state index contributed by atoms with van der Waals surface area (Å²) >= 11 is 0. The number of nitrogens with one attached hydrogen (secondary N) is 1. The molecule has 1 unspecified atom stereocenters. The summed E-state index contributed by atoms with van der Waals surface area (Å²) < 4.78 is 7.48. The molecule has 0 spiro atoms. The van der Waals surface area contributed by atoms with Gasteiger partial charge < -0.3 is 10.1 Å². The maximum atomic E-state index is 5.48. The third-order valence-corrected chi connectivity index (χ3v) is 2.66. The van der Waals surface area contributed by atoms with Gasteiger partial charge in [0, 0.05) is 31.3 Å². The summed E-state index contributed by atoms with van der Waals surface area (Å²) in [4.78, 5) is 0. The molecule has 1 aromatic heterocycles. The van der Waals surface area contributed by atoms with E-state index in [1.807, 2.05) is 17.8 Å². The first-order valence-electron chi connectivity index (χ1n) is 6.52. The van der Waals surface area contributed by atoms with Gasteiger partial charge in [0.1, 0.15) is 0 Å². The summed E-state index contributed by atoms with van der Waals surface area (Å²) in [6, 6.07) is 2.87. The van der Waals surface area contributed by atoms with Crippen LogP contribution >= 0.6 is 0 Å². The van der Waals surface area contributed by atoms with Crippen molar-refractivity contribution in [1.82, 2.24) is 15.1 Å². The Balaban J connectivity index is 2.52. The number of hydrogen-bond acceptors (Lipinski definition) is 3. The van der Waals surface area contributed by atoms with Crippen LogP contribution in [0.15, 0.2) is 12.3 Å². The van der Waals surface area contributed by atoms with Crippen LogP contribution in [0.1, 0.15) is 39.4 Å². The maximum Gasteiger partial charge on any atom is 0.0641 e. The van der Waals surface area contributed by atoms with Crippen molar-refractivity contribution in [3.05, 3.63) is 18.0 Å². The Kier molecular flexibility index (Phi) is 6.22. The molecule has 0 amide bonds. The van der Waals surface area contributed by atoms with Crippen molar-refractivity contribution in [2.45, 2.75) is 46.2 Å². The van der Waals surface area contributed by atoms with Gasteiger partial charge in [-0.2, -0.15) is 5.10 Å². The lowest BCUT2D eigenvalue weighted by molar-refractivity contribution is 0.123. The van der Waals surface area contributed by atoms with Crippen molar-refractivity contribution in [2.75, 3.05) is 19.8 Å². The average molecular weight is 239 g/mol. The Morgan fingerprint density at radius 3 is 2.71 bits per heavy atom. The molecule has 1 aromatic rings. The zero-order valence-corrected chi connectivity index (χ0v) is 11.4. The molecule has 0 radical (unpaired) electrons. The SMILES string of the molecule is CCNC(COCC)Cc1ccn(C(C)C)n1. The Morgan fingerprint density at radius 1 is 1.41 bits per heavy atom. The molecule has 0 saturated carbocycles. The summed E-state index contributed by atoms with van der Waals surface area (Å²) in [7, 11) is 0. The van der Waals surface area contributed by atoms with Crippen LogP contribution in [0.25, 0.3) is 0 Å². The molecule has 1 rings (SSSR count). The zero-order valence-electron chi connectivity index (χ0n) is 11.4. The van der Waals surface area contributed by atoms with E-state index in [2.05, 4.69) is 37.3 Å². The van der Waals surface area contributed by atoms with Gasteiger partial charge in [0.15, 0.2) is 0 Å². The van der Waals surface area contributed by atoms with Gasteiger partial charge in [-0.25, -0.2) is 0 Å². The third-order valence-electron chi connectivity index (χ3n) is 2.66. The van der Waals surface area contributed by atoms with Crippen molar-refractivity contribution in [3.8, 4) is 0 Å². The van der Waals surface area contributed by atoms with Gasteiger partial charge in [-0.1, -0.05) is 6.92 Å². The van der Waals surface area contributed by atoms with E-state index in [9.17, 15) is 0 Å². The molecule has 0 aliphatic rings. The topological polar surface area (TPSA) is 39.1 Å². The smallest absolute Gasteiger partial charge is 0.0641 e. The first kappa shape index (κ1) is 14.2. The summed E-state index contributed by atoms with van der Waals surface area (Å²) in [6.45, 7) is 10.9. The van der Waals surface area contributed by atoms with Crippen LogP contribution in [0.2, 0.25) is 0 Å². The lowest BCUT2D eigenvalue weighted by atomic mass is 10.1. The highest BCUT2D eigenvalue weighted by atomic mass is 16.5. The average Bonchev–Trinajstić information content (AvgIpc) is 2.75. The predicted octanol–water partition coefficient (Wildman–Crippen LogP) is 2.02. The second-order valence-corrected chi connectivity index (χ2v) is 4.50. The molecule has 0 aliphatic carbocycles. The molecule has 0 bridgehead atoms. The van der Waals surface area contributed by atoms with Gasteiger partial charge in [0.25, 0.3) is 0 Å². The van der Waals surface area contributed by atoms with Crippen LogP contribution < -0.4 is 5.32 Å². The van der Waals surface area contributed by atoms with E-state index in [1.54, 1.807) is 0 Å². The molecule has 0 aliphatic heterocycles. The molecule has 17 heavy (non-hydrogen) atoms. The normalized spacial score (nSPS) is 13.2. The molecule has 1 heterocycles. The van der Waals surface area contributed by atoms with Gasteiger partial charge in [-0.3, -0.25) is 4.68 Å². The Bertz CT molecular complexity index is 309. The first-order valence-corrected chi connectivity index (χ1v) is 6.52. The molecule has 98 valence electrons. The molecular weight excluding hydrogens is 214 g/mol. The fourth-order valence-electron chi connectivity index (χ4n) is 1.77. The Morgan fingerprint density at radius 2 is 2.18 bits per heavy atom. The van der Waals surface area contributed by atoms with Crippen LogP contribution in [-0.2, 0) is 11.2 Å². The minimum absolute atomic E-state index is 0.357. The van der Waals surface area contributed by atoms with Crippen LogP contribution in [0.3, 0.4) is 0 Å². The minimum atomic E-state index is 0.357. The minimum Gasteiger partial charge on any atom is -0.380 e. The number of nitrogens with zero attached hydrogens (tertiary/aromatic N) is 2. The number of ether oxygens (including phenoxy) is 1. The van der Waals surface area contributed by atoms with Crippen LogP contribution in [0.5, 0.6) is 0 Å². The lowest BCUT2D eigenvalue weighted by Gasteiger charge is -2.16. The summed E-state index contributed by atoms with van der Waals surface area (Å²) in [5, 5.41) is 7.99. The maximum absolute atomic E-state index is 5.48. The second kappa shape index (κ2) is 7.45. The van der Waals surface area contributed by atoms with E-state index in [1.165, 1.54) is 0 Å². The molecular formula is C13H25N3O. The Labute approximate surface area is 104 Å². The fourth-order valence-corrected chi connectivity index (χ4v) is 1.77. The molecule has 0 saturated heterocycles. The second-order valence-electron chi connectivity index (χ2n) is 4.50. The van der Waals surface area contributed by atoms with Crippen molar-refractivity contribution < 1.29 is 4.74 Å². The number of aromatic nitrogens is 2. The van der Waals surface area contributed by atoms with Gasteiger partial charge >= 0.3 is 0 Å². The quantitative estimate of drug-likeness (QED) is 0.754. The van der Waals surface area contributed by atoms with Crippen molar-refractivity contribution in [1.29, 1.82) is 0 Å². The standard InChI is InChI=1S/C13H25N3O/c1-5-14-13(10-17-6-2)9-12-7-8-16(15-12)11(3)4/h7-8,11,13-14H,5-6,9-10H2,1-4H3. The molecule has 0 fully saturated rings. The van der Waals surface area contributed by atoms with Gasteiger partial charge in [-0.05, 0) is 33.4 Å². The van der Waals surface area contributed by atoms with E-state index in [4.69, 9.17) is 4.74 Å². The van der Waals surface area contributed by atoms with E-state index in [0.29, 0.717) is 12.1 Å². The van der Waals surface area contributed by atoms with Crippen LogP contribution in [0.4, 0.5) is 0 Å². The Hall–Kier alpha value is -0.870. The van der Waals surface area contributed by atoms with E-state index in [-0.39, 0.29) is 0 Å². The molecule has 1 atom stereocenters. The van der Waals surface area contributed by atoms with Gasteiger partial charge in [-0.15, -0.1) is 0 Å². The predicted molar refractivity (Wildman–Crippen MR) is 70.3 cm³/mol. The number of hydrogen-bond donors (Lipinski definition) is 1. The largest absolute Gasteiger partial charge is 0.380 e. The van der Waals surface area contributed by atoms with E-state index in [0.717, 1.165) is 31.9 Å². The zero-order chi connectivity index (χ0) is 12.7. The molecule has 4 nitrogen and oxygen atoms in total. The van der Waals surface area contributed by atoms with Crippen molar-refractivity contribution in [3.63, 3.8) is 0 Å². The van der Waals surface area contributed by atoms with Crippen molar-refractivity contribution in [2.24, 2.45) is 0 Å².